The lowest BCUT2D eigenvalue weighted by Crippen LogP contribution is -2.13. The average Bonchev–Trinajstić information content (AvgIpc) is 2.71. The minimum atomic E-state index is -0.411. The summed E-state index contributed by atoms with van der Waals surface area (Å²) in [5, 5.41) is 6.22. The van der Waals surface area contributed by atoms with Gasteiger partial charge in [0.15, 0.2) is 0 Å². The van der Waals surface area contributed by atoms with Gasteiger partial charge in [-0.25, -0.2) is 4.79 Å². The highest BCUT2D eigenvalue weighted by molar-refractivity contribution is 7.99. The summed E-state index contributed by atoms with van der Waals surface area (Å²) in [6.07, 6.45) is 0. The van der Waals surface area contributed by atoms with E-state index in [0.717, 1.165) is 21.2 Å². The summed E-state index contributed by atoms with van der Waals surface area (Å²) in [7, 11) is 1.33. The second kappa shape index (κ2) is 7.17. The first-order chi connectivity index (χ1) is 13.1. The van der Waals surface area contributed by atoms with Gasteiger partial charge in [0.25, 0.3) is 5.91 Å². The molecule has 0 fully saturated rings. The van der Waals surface area contributed by atoms with Crippen LogP contribution in [0.15, 0.2) is 76.5 Å². The molecule has 1 amide bonds. The van der Waals surface area contributed by atoms with Crippen molar-refractivity contribution in [2.75, 3.05) is 17.7 Å². The first kappa shape index (κ1) is 17.2. The fourth-order valence-electron chi connectivity index (χ4n) is 2.79. The Kier molecular flexibility index (Phi) is 4.56. The van der Waals surface area contributed by atoms with Crippen LogP contribution in [0.1, 0.15) is 20.7 Å². The molecule has 0 spiro atoms. The summed E-state index contributed by atoms with van der Waals surface area (Å²) in [5.74, 6) is -0.624. The van der Waals surface area contributed by atoms with E-state index in [0.29, 0.717) is 16.8 Å². The third-order valence-electron chi connectivity index (χ3n) is 4.18. The van der Waals surface area contributed by atoms with E-state index in [1.807, 2.05) is 30.3 Å². The van der Waals surface area contributed by atoms with Gasteiger partial charge < -0.3 is 15.4 Å². The van der Waals surface area contributed by atoms with Gasteiger partial charge in [-0.1, -0.05) is 23.9 Å². The molecule has 27 heavy (non-hydrogen) atoms. The Hall–Kier alpha value is -3.25. The number of para-hydroxylation sites is 1. The minimum absolute atomic E-state index is 0.214. The molecule has 1 aliphatic rings. The maximum absolute atomic E-state index is 12.6. The van der Waals surface area contributed by atoms with Crippen LogP contribution in [0.2, 0.25) is 0 Å². The normalized spacial score (nSPS) is 11.6. The molecule has 0 unspecified atom stereocenters. The molecule has 0 atom stereocenters. The van der Waals surface area contributed by atoms with Gasteiger partial charge in [-0.3, -0.25) is 4.79 Å². The number of ether oxygens (including phenoxy) is 1. The van der Waals surface area contributed by atoms with E-state index in [1.165, 1.54) is 7.11 Å². The summed E-state index contributed by atoms with van der Waals surface area (Å²) in [6.45, 7) is 0. The third-order valence-corrected chi connectivity index (χ3v) is 5.33. The van der Waals surface area contributed by atoms with Crippen LogP contribution in [0.3, 0.4) is 0 Å². The first-order valence-electron chi connectivity index (χ1n) is 8.32. The van der Waals surface area contributed by atoms with Crippen molar-refractivity contribution in [3.05, 3.63) is 77.9 Å². The van der Waals surface area contributed by atoms with Crippen molar-refractivity contribution < 1.29 is 14.3 Å². The maximum Gasteiger partial charge on any atom is 0.337 e. The second-order valence-electron chi connectivity index (χ2n) is 5.96. The van der Waals surface area contributed by atoms with E-state index >= 15 is 0 Å². The van der Waals surface area contributed by atoms with Crippen molar-refractivity contribution in [2.45, 2.75) is 9.79 Å². The highest BCUT2D eigenvalue weighted by Crippen LogP contribution is 2.44. The summed E-state index contributed by atoms with van der Waals surface area (Å²) >= 11 is 1.68. The fraction of sp³-hybridized carbons (Fsp3) is 0.0476. The second-order valence-corrected chi connectivity index (χ2v) is 7.04. The molecule has 3 aromatic rings. The zero-order valence-electron chi connectivity index (χ0n) is 14.5. The van der Waals surface area contributed by atoms with Crippen LogP contribution < -0.4 is 10.6 Å². The molecule has 1 heterocycles. The van der Waals surface area contributed by atoms with Gasteiger partial charge in [0.2, 0.25) is 0 Å². The van der Waals surface area contributed by atoms with Gasteiger partial charge in [-0.15, -0.1) is 0 Å². The van der Waals surface area contributed by atoms with E-state index in [9.17, 15) is 9.59 Å². The molecule has 0 aliphatic carbocycles. The van der Waals surface area contributed by atoms with Crippen LogP contribution in [-0.4, -0.2) is 19.0 Å². The summed E-state index contributed by atoms with van der Waals surface area (Å²) < 4.78 is 4.67. The first-order valence-corrected chi connectivity index (χ1v) is 9.13. The molecule has 6 heteroatoms. The standard InChI is InChI=1S/C21H16N2O3S/c1-26-21(25)13-6-9-15(10-7-13)22-20(24)14-8-11-19-17(12-14)23-16-4-2-3-5-18(16)27-19/h2-12,23H,1H3,(H,22,24). The lowest BCUT2D eigenvalue weighted by molar-refractivity contribution is 0.0600. The van der Waals surface area contributed by atoms with Gasteiger partial charge in [0.1, 0.15) is 0 Å². The highest BCUT2D eigenvalue weighted by atomic mass is 32.2. The van der Waals surface area contributed by atoms with Crippen molar-refractivity contribution in [2.24, 2.45) is 0 Å². The topological polar surface area (TPSA) is 67.4 Å². The molecule has 0 saturated carbocycles. The number of nitrogens with one attached hydrogen (secondary N) is 2. The number of hydrogen-bond donors (Lipinski definition) is 2. The molecule has 4 rings (SSSR count). The smallest absolute Gasteiger partial charge is 0.337 e. The van der Waals surface area contributed by atoms with Gasteiger partial charge in [0, 0.05) is 21.0 Å². The monoisotopic (exact) mass is 376 g/mol. The zero-order chi connectivity index (χ0) is 18.8. The van der Waals surface area contributed by atoms with Crippen LogP contribution >= 0.6 is 11.8 Å². The van der Waals surface area contributed by atoms with Gasteiger partial charge in [0.05, 0.1) is 24.0 Å². The summed E-state index contributed by atoms with van der Waals surface area (Å²) in [4.78, 5) is 26.3. The molecule has 1 aliphatic heterocycles. The number of hydrogen-bond acceptors (Lipinski definition) is 5. The van der Waals surface area contributed by atoms with Crippen molar-refractivity contribution in [3.8, 4) is 0 Å². The Morgan fingerprint density at radius 2 is 1.59 bits per heavy atom. The predicted molar refractivity (Wildman–Crippen MR) is 106 cm³/mol. The van der Waals surface area contributed by atoms with Crippen LogP contribution in [0, 0.1) is 0 Å². The van der Waals surface area contributed by atoms with Crippen molar-refractivity contribution in [3.63, 3.8) is 0 Å². The molecule has 5 nitrogen and oxygen atoms in total. The molecule has 0 aromatic heterocycles. The lowest BCUT2D eigenvalue weighted by atomic mass is 10.1. The highest BCUT2D eigenvalue weighted by Gasteiger charge is 2.17. The Bertz CT molecular complexity index is 1030. The van der Waals surface area contributed by atoms with E-state index in [-0.39, 0.29) is 5.91 Å². The molecule has 3 aromatic carbocycles. The molecule has 0 radical (unpaired) electrons. The van der Waals surface area contributed by atoms with Crippen molar-refractivity contribution >= 4 is 40.7 Å². The predicted octanol–water partition coefficient (Wildman–Crippen LogP) is 4.93. The molecular weight excluding hydrogens is 360 g/mol. The molecular formula is C21H16N2O3S. The minimum Gasteiger partial charge on any atom is -0.465 e. The van der Waals surface area contributed by atoms with E-state index in [1.54, 1.807) is 42.1 Å². The maximum atomic E-state index is 12.6. The SMILES string of the molecule is COC(=O)c1ccc(NC(=O)c2ccc3c(c2)Nc2ccccc2S3)cc1. The van der Waals surface area contributed by atoms with Crippen molar-refractivity contribution in [1.82, 2.24) is 0 Å². The van der Waals surface area contributed by atoms with Crippen LogP contribution in [0.4, 0.5) is 17.1 Å². The van der Waals surface area contributed by atoms with Gasteiger partial charge in [-0.05, 0) is 54.6 Å². The Balaban J connectivity index is 1.51. The van der Waals surface area contributed by atoms with Crippen molar-refractivity contribution in [1.29, 1.82) is 0 Å². The molecule has 0 saturated heterocycles. The number of methoxy groups -OCH3 is 1. The Morgan fingerprint density at radius 1 is 0.889 bits per heavy atom. The third kappa shape index (κ3) is 3.52. The number of amides is 1. The quantitative estimate of drug-likeness (QED) is 0.496. The number of rotatable bonds is 3. The number of fused-ring (bicyclic) bond motifs is 2. The zero-order valence-corrected chi connectivity index (χ0v) is 15.3. The van der Waals surface area contributed by atoms with Gasteiger partial charge >= 0.3 is 5.97 Å². The van der Waals surface area contributed by atoms with E-state index in [2.05, 4.69) is 21.4 Å². The lowest BCUT2D eigenvalue weighted by Gasteiger charge is -2.21. The van der Waals surface area contributed by atoms with Gasteiger partial charge in [-0.2, -0.15) is 0 Å². The van der Waals surface area contributed by atoms with Crippen LogP contribution in [-0.2, 0) is 4.74 Å². The molecule has 2 N–H and O–H groups in total. The molecule has 0 bridgehead atoms. The number of carbonyl (C=O) groups is 2. The number of anilines is 3. The van der Waals surface area contributed by atoms with Crippen LogP contribution in [0.5, 0.6) is 0 Å². The largest absolute Gasteiger partial charge is 0.465 e. The van der Waals surface area contributed by atoms with E-state index < -0.39 is 5.97 Å². The number of benzene rings is 3. The Labute approximate surface area is 160 Å². The molecule has 134 valence electrons. The van der Waals surface area contributed by atoms with E-state index in [4.69, 9.17) is 0 Å². The summed E-state index contributed by atoms with van der Waals surface area (Å²) in [6, 6.07) is 20.2. The fourth-order valence-corrected chi connectivity index (χ4v) is 3.76. The average molecular weight is 376 g/mol. The summed E-state index contributed by atoms with van der Waals surface area (Å²) in [5.41, 5.74) is 3.54. The van der Waals surface area contributed by atoms with Crippen LogP contribution in [0.25, 0.3) is 0 Å². The Morgan fingerprint density at radius 3 is 2.37 bits per heavy atom. The number of esters is 1. The number of carbonyl (C=O) groups excluding carboxylic acids is 2.